The second-order valence-corrected chi connectivity index (χ2v) is 10.3. The fraction of sp³-hybridized carbons (Fsp3) is 0.360. The van der Waals surface area contributed by atoms with Gasteiger partial charge in [0.05, 0.1) is 26.0 Å². The molecule has 0 heterocycles. The second-order valence-electron chi connectivity index (χ2n) is 8.71. The predicted octanol–water partition coefficient (Wildman–Crippen LogP) is 10.2. The molecule has 0 saturated heterocycles. The van der Waals surface area contributed by atoms with Crippen molar-refractivity contribution < 1.29 is 35.9 Å². The van der Waals surface area contributed by atoms with Crippen LogP contribution in [-0.2, 0) is 4.79 Å². The highest BCUT2D eigenvalue weighted by molar-refractivity contribution is 6.48. The molecular formula is C25H20Cl4F6O2. The standard InChI is InChI=1S/C25H20Cl4F6O2/c1-12(5-15(36)11-25(33,34)35)6-22(37)16-4-3-13(7-18(16)26)21(30)10-17(24(2,31)32)14-8-19(27)23(29)20(28)9-14/h3-4,7-10,12,17H,5-6,11H2,1-2H3/b21-10-/t12-,17?/m1/s1. The maximum absolute atomic E-state index is 15.0. The summed E-state index contributed by atoms with van der Waals surface area (Å²) < 4.78 is 80.8. The number of Topliss-reactive ketones (excluding diaryl/α,β-unsaturated/α-hetero) is 2. The van der Waals surface area contributed by atoms with E-state index in [4.69, 9.17) is 46.4 Å². The Hall–Kier alpha value is -1.74. The first-order valence-corrected chi connectivity index (χ1v) is 12.2. The average molecular weight is 608 g/mol. The number of hydrogen-bond donors (Lipinski definition) is 0. The van der Waals surface area contributed by atoms with E-state index in [1.54, 1.807) is 0 Å². The molecule has 12 heteroatoms. The van der Waals surface area contributed by atoms with E-state index >= 15 is 4.39 Å². The Morgan fingerprint density at radius 2 is 1.49 bits per heavy atom. The molecule has 0 bridgehead atoms. The van der Waals surface area contributed by atoms with Crippen LogP contribution in [0, 0.1) is 5.92 Å². The minimum atomic E-state index is -4.63. The van der Waals surface area contributed by atoms with E-state index in [1.165, 1.54) is 13.0 Å². The van der Waals surface area contributed by atoms with Gasteiger partial charge >= 0.3 is 6.18 Å². The number of carbonyl (C=O) groups is 2. The van der Waals surface area contributed by atoms with Gasteiger partial charge in [0.2, 0.25) is 0 Å². The molecule has 0 saturated carbocycles. The van der Waals surface area contributed by atoms with E-state index in [1.807, 2.05) is 0 Å². The van der Waals surface area contributed by atoms with Crippen molar-refractivity contribution in [2.45, 2.75) is 51.1 Å². The highest BCUT2D eigenvalue weighted by Gasteiger charge is 2.35. The first-order chi connectivity index (χ1) is 16.9. The molecule has 0 radical (unpaired) electrons. The summed E-state index contributed by atoms with van der Waals surface area (Å²) in [5.41, 5.74) is -0.341. The third-order valence-corrected chi connectivity index (χ3v) is 6.79. The van der Waals surface area contributed by atoms with Crippen molar-refractivity contribution in [2.24, 2.45) is 5.92 Å². The van der Waals surface area contributed by atoms with E-state index in [-0.39, 0.29) is 43.2 Å². The van der Waals surface area contributed by atoms with Gasteiger partial charge in [0.1, 0.15) is 18.0 Å². The molecule has 2 rings (SSSR count). The quantitative estimate of drug-likeness (QED) is 0.153. The minimum absolute atomic E-state index is 0.0409. The monoisotopic (exact) mass is 606 g/mol. The summed E-state index contributed by atoms with van der Waals surface area (Å²) in [5.74, 6) is -8.60. The maximum atomic E-state index is 15.0. The topological polar surface area (TPSA) is 34.1 Å². The van der Waals surface area contributed by atoms with Crippen molar-refractivity contribution in [3.63, 3.8) is 0 Å². The van der Waals surface area contributed by atoms with Crippen LogP contribution in [0.15, 0.2) is 36.4 Å². The van der Waals surface area contributed by atoms with Crippen molar-refractivity contribution in [3.8, 4) is 0 Å². The molecule has 1 unspecified atom stereocenters. The number of allylic oxidation sites excluding steroid dienone is 1. The highest BCUT2D eigenvalue weighted by atomic mass is 35.5. The molecule has 0 fully saturated rings. The van der Waals surface area contributed by atoms with E-state index in [0.29, 0.717) is 13.0 Å². The number of hydrogen-bond acceptors (Lipinski definition) is 2. The molecule has 0 spiro atoms. The third kappa shape index (κ3) is 9.20. The summed E-state index contributed by atoms with van der Waals surface area (Å²) in [4.78, 5) is 24.1. The lowest BCUT2D eigenvalue weighted by Gasteiger charge is -2.22. The number of halogens is 10. The van der Waals surface area contributed by atoms with Crippen molar-refractivity contribution >= 4 is 63.8 Å². The summed E-state index contributed by atoms with van der Waals surface area (Å²) in [6.45, 7) is 2.03. The molecule has 0 aliphatic rings. The summed E-state index contributed by atoms with van der Waals surface area (Å²) in [6.07, 6.45) is -6.28. The Labute approximate surface area is 229 Å². The number of alkyl halides is 5. The van der Waals surface area contributed by atoms with Gasteiger partial charge in [-0.2, -0.15) is 13.2 Å². The molecular weight excluding hydrogens is 588 g/mol. The molecule has 2 aromatic rings. The van der Waals surface area contributed by atoms with Crippen LogP contribution in [-0.4, -0.2) is 23.7 Å². The molecule has 2 atom stereocenters. The van der Waals surface area contributed by atoms with E-state index in [2.05, 4.69) is 0 Å². The molecule has 0 aromatic heterocycles. The molecule has 0 aliphatic heterocycles. The Balaban J connectivity index is 2.26. The number of benzene rings is 2. The Morgan fingerprint density at radius 3 is 1.97 bits per heavy atom. The fourth-order valence-electron chi connectivity index (χ4n) is 3.61. The molecule has 37 heavy (non-hydrogen) atoms. The van der Waals surface area contributed by atoms with Crippen LogP contribution in [0.25, 0.3) is 5.83 Å². The number of ketones is 2. The van der Waals surface area contributed by atoms with E-state index in [9.17, 15) is 31.5 Å². The average Bonchev–Trinajstić information content (AvgIpc) is 2.72. The zero-order valence-electron chi connectivity index (χ0n) is 19.3. The molecule has 2 nitrogen and oxygen atoms in total. The first kappa shape index (κ1) is 31.5. The lowest BCUT2D eigenvalue weighted by Crippen LogP contribution is -2.21. The smallest absolute Gasteiger partial charge is 0.299 e. The van der Waals surface area contributed by atoms with Crippen molar-refractivity contribution in [2.75, 3.05) is 0 Å². The molecule has 2 aromatic carbocycles. The van der Waals surface area contributed by atoms with Crippen molar-refractivity contribution in [3.05, 3.63) is 73.2 Å². The van der Waals surface area contributed by atoms with Gasteiger partial charge in [0, 0.05) is 30.9 Å². The summed E-state index contributed by atoms with van der Waals surface area (Å²) in [7, 11) is 0. The third-order valence-electron chi connectivity index (χ3n) is 5.28. The SMILES string of the molecule is C[C@H](CC(=O)CC(F)(F)F)CC(=O)c1ccc(/C(F)=C/C(c2cc(Cl)c(Cl)c(Cl)c2)C(C)(F)F)cc1Cl. The minimum Gasteiger partial charge on any atom is -0.299 e. The fourth-order valence-corrected chi connectivity index (χ4v) is 4.50. The zero-order chi connectivity index (χ0) is 28.3. The normalized spacial score (nSPS) is 14.4. The van der Waals surface area contributed by atoms with E-state index in [0.717, 1.165) is 24.3 Å². The first-order valence-electron chi connectivity index (χ1n) is 10.7. The molecule has 202 valence electrons. The largest absolute Gasteiger partial charge is 0.395 e. The molecule has 0 amide bonds. The van der Waals surface area contributed by atoms with Gasteiger partial charge in [-0.3, -0.25) is 9.59 Å². The number of carbonyl (C=O) groups excluding carboxylic acids is 2. The van der Waals surface area contributed by atoms with Crippen molar-refractivity contribution in [1.82, 2.24) is 0 Å². The van der Waals surface area contributed by atoms with Gasteiger partial charge in [0.25, 0.3) is 5.92 Å². The summed E-state index contributed by atoms with van der Waals surface area (Å²) >= 11 is 23.8. The lowest BCUT2D eigenvalue weighted by atomic mass is 9.91. The zero-order valence-corrected chi connectivity index (χ0v) is 22.4. The van der Waals surface area contributed by atoms with Gasteiger partial charge < -0.3 is 0 Å². The van der Waals surface area contributed by atoms with Crippen LogP contribution >= 0.6 is 46.4 Å². The molecule has 0 N–H and O–H groups in total. The van der Waals surface area contributed by atoms with Crippen LogP contribution in [0.4, 0.5) is 26.3 Å². The Morgan fingerprint density at radius 1 is 0.919 bits per heavy atom. The van der Waals surface area contributed by atoms with Crippen LogP contribution in [0.1, 0.15) is 60.5 Å². The predicted molar refractivity (Wildman–Crippen MR) is 134 cm³/mol. The van der Waals surface area contributed by atoms with Crippen LogP contribution < -0.4 is 0 Å². The van der Waals surface area contributed by atoms with Gasteiger partial charge in [-0.1, -0.05) is 59.4 Å². The Bertz CT molecular complexity index is 1180. The molecule has 0 aliphatic carbocycles. The van der Waals surface area contributed by atoms with Crippen LogP contribution in [0.3, 0.4) is 0 Å². The highest BCUT2D eigenvalue weighted by Crippen LogP contribution is 2.41. The second kappa shape index (κ2) is 12.4. The Kier molecular flexibility index (Phi) is 10.6. The van der Waals surface area contributed by atoms with Crippen molar-refractivity contribution in [1.29, 1.82) is 0 Å². The summed E-state index contributed by atoms with van der Waals surface area (Å²) in [5, 5.41) is -0.419. The van der Waals surface area contributed by atoms with Gasteiger partial charge in [-0.15, -0.1) is 0 Å². The lowest BCUT2D eigenvalue weighted by molar-refractivity contribution is -0.152. The van der Waals surface area contributed by atoms with Gasteiger partial charge in [0.15, 0.2) is 5.78 Å². The van der Waals surface area contributed by atoms with Gasteiger partial charge in [-0.05, 0) is 41.8 Å². The van der Waals surface area contributed by atoms with Crippen LogP contribution in [0.2, 0.25) is 20.1 Å². The summed E-state index contributed by atoms with van der Waals surface area (Å²) in [6, 6.07) is 5.69. The number of rotatable bonds is 10. The van der Waals surface area contributed by atoms with E-state index < -0.39 is 54.2 Å². The van der Waals surface area contributed by atoms with Gasteiger partial charge in [-0.25, -0.2) is 13.2 Å². The maximum Gasteiger partial charge on any atom is 0.395 e. The van der Waals surface area contributed by atoms with Crippen LogP contribution in [0.5, 0.6) is 0 Å².